The molecular formula is C13H19N3O2. The van der Waals surface area contributed by atoms with Crippen molar-refractivity contribution in [2.45, 2.75) is 26.9 Å². The largest absolute Gasteiger partial charge is 0.467 e. The van der Waals surface area contributed by atoms with Crippen molar-refractivity contribution in [3.63, 3.8) is 0 Å². The summed E-state index contributed by atoms with van der Waals surface area (Å²) in [6.07, 6.45) is 3.37. The third kappa shape index (κ3) is 3.13. The van der Waals surface area contributed by atoms with Crippen LogP contribution in [0.25, 0.3) is 0 Å². The summed E-state index contributed by atoms with van der Waals surface area (Å²) in [6, 6.07) is 4.47. The van der Waals surface area contributed by atoms with Crippen molar-refractivity contribution in [1.82, 2.24) is 10.3 Å². The second kappa shape index (κ2) is 6.26. The van der Waals surface area contributed by atoms with Gasteiger partial charge >= 0.3 is 0 Å². The van der Waals surface area contributed by atoms with E-state index in [1.165, 1.54) is 0 Å². The monoisotopic (exact) mass is 249 g/mol. The first kappa shape index (κ1) is 12.7. The highest BCUT2D eigenvalue weighted by Gasteiger charge is 2.13. The van der Waals surface area contributed by atoms with Crippen molar-refractivity contribution in [3.05, 3.63) is 36.1 Å². The first-order valence-electron chi connectivity index (χ1n) is 6.26. The van der Waals surface area contributed by atoms with Crippen molar-refractivity contribution >= 4 is 6.01 Å². The number of hydrogen-bond donors (Lipinski definition) is 1. The van der Waals surface area contributed by atoms with Crippen LogP contribution in [0, 0.1) is 0 Å². The Labute approximate surface area is 107 Å². The summed E-state index contributed by atoms with van der Waals surface area (Å²) in [6.45, 7) is 7.28. The van der Waals surface area contributed by atoms with E-state index in [-0.39, 0.29) is 0 Å². The van der Waals surface area contributed by atoms with Crippen LogP contribution in [0.15, 0.2) is 33.5 Å². The van der Waals surface area contributed by atoms with E-state index >= 15 is 0 Å². The van der Waals surface area contributed by atoms with Crippen LogP contribution >= 0.6 is 0 Å². The van der Waals surface area contributed by atoms with Crippen molar-refractivity contribution in [1.29, 1.82) is 0 Å². The van der Waals surface area contributed by atoms with Crippen molar-refractivity contribution < 1.29 is 8.83 Å². The Balaban J connectivity index is 2.00. The maximum Gasteiger partial charge on any atom is 0.297 e. The molecule has 0 unspecified atom stereocenters. The molecule has 2 rings (SSSR count). The fourth-order valence-corrected chi connectivity index (χ4v) is 1.68. The van der Waals surface area contributed by atoms with Gasteiger partial charge in [0.25, 0.3) is 6.01 Å². The normalized spacial score (nSPS) is 10.8. The van der Waals surface area contributed by atoms with Crippen LogP contribution < -0.4 is 10.2 Å². The van der Waals surface area contributed by atoms with Gasteiger partial charge in [-0.05, 0) is 25.6 Å². The number of oxazole rings is 1. The minimum absolute atomic E-state index is 0.641. The molecule has 98 valence electrons. The molecule has 0 saturated heterocycles. The highest BCUT2D eigenvalue weighted by Crippen LogP contribution is 2.16. The number of hydrogen-bond acceptors (Lipinski definition) is 5. The molecule has 0 aromatic carbocycles. The molecule has 0 aliphatic rings. The Hall–Kier alpha value is -1.75. The van der Waals surface area contributed by atoms with E-state index < -0.39 is 0 Å². The average molecular weight is 249 g/mol. The summed E-state index contributed by atoms with van der Waals surface area (Å²) >= 11 is 0. The molecule has 18 heavy (non-hydrogen) atoms. The molecule has 2 heterocycles. The first-order chi connectivity index (χ1) is 8.83. The van der Waals surface area contributed by atoms with Crippen molar-refractivity contribution in [2.24, 2.45) is 0 Å². The van der Waals surface area contributed by atoms with Crippen LogP contribution in [-0.4, -0.2) is 18.1 Å². The van der Waals surface area contributed by atoms with E-state index in [0.29, 0.717) is 12.6 Å². The van der Waals surface area contributed by atoms with Gasteiger partial charge in [0.2, 0.25) is 0 Å². The molecule has 0 amide bonds. The molecular weight excluding hydrogens is 230 g/mol. The minimum atomic E-state index is 0.641. The molecule has 0 bridgehead atoms. The average Bonchev–Trinajstić information content (AvgIpc) is 3.04. The first-order valence-corrected chi connectivity index (χ1v) is 6.26. The Bertz CT molecular complexity index is 451. The number of aromatic nitrogens is 1. The summed E-state index contributed by atoms with van der Waals surface area (Å²) in [5, 5.41) is 3.22. The molecule has 0 saturated carbocycles. The van der Waals surface area contributed by atoms with E-state index in [1.807, 2.05) is 17.0 Å². The number of nitrogens with one attached hydrogen (secondary N) is 1. The highest BCUT2D eigenvalue weighted by molar-refractivity contribution is 5.27. The summed E-state index contributed by atoms with van der Waals surface area (Å²) in [5.74, 6) is 0.906. The van der Waals surface area contributed by atoms with Gasteiger partial charge in [0.1, 0.15) is 12.0 Å². The van der Waals surface area contributed by atoms with E-state index in [0.717, 1.165) is 31.1 Å². The lowest BCUT2D eigenvalue weighted by molar-refractivity contribution is 0.481. The zero-order valence-electron chi connectivity index (χ0n) is 10.8. The maximum absolute atomic E-state index is 5.50. The molecule has 0 spiro atoms. The van der Waals surface area contributed by atoms with Gasteiger partial charge in [0.15, 0.2) is 0 Å². The van der Waals surface area contributed by atoms with Gasteiger partial charge in [-0.2, -0.15) is 4.98 Å². The van der Waals surface area contributed by atoms with Gasteiger partial charge in [-0.3, -0.25) is 0 Å². The molecule has 2 aromatic heterocycles. The second-order valence-electron chi connectivity index (χ2n) is 4.00. The quantitative estimate of drug-likeness (QED) is 0.816. The van der Waals surface area contributed by atoms with Gasteiger partial charge in [0, 0.05) is 13.1 Å². The third-order valence-corrected chi connectivity index (χ3v) is 2.67. The second-order valence-corrected chi connectivity index (χ2v) is 4.00. The highest BCUT2D eigenvalue weighted by atomic mass is 16.4. The Morgan fingerprint density at radius 2 is 2.22 bits per heavy atom. The van der Waals surface area contributed by atoms with Crippen molar-refractivity contribution in [2.75, 3.05) is 18.0 Å². The predicted molar refractivity (Wildman–Crippen MR) is 69.3 cm³/mol. The Kier molecular flexibility index (Phi) is 4.41. The lowest BCUT2D eigenvalue weighted by Gasteiger charge is -2.16. The van der Waals surface area contributed by atoms with Crippen LogP contribution in [0.2, 0.25) is 0 Å². The number of anilines is 1. The third-order valence-electron chi connectivity index (χ3n) is 2.67. The van der Waals surface area contributed by atoms with Gasteiger partial charge in [-0.15, -0.1) is 0 Å². The minimum Gasteiger partial charge on any atom is -0.467 e. The van der Waals surface area contributed by atoms with Crippen LogP contribution in [0.5, 0.6) is 0 Å². The van der Waals surface area contributed by atoms with Gasteiger partial charge < -0.3 is 19.1 Å². The molecule has 0 fully saturated rings. The standard InChI is InChI=1S/C13H19N3O2/c1-3-14-8-11-10-18-13(15-11)16(4-2)9-12-6-5-7-17-12/h5-7,10,14H,3-4,8-9H2,1-2H3. The summed E-state index contributed by atoms with van der Waals surface area (Å²) < 4.78 is 10.8. The molecule has 0 aliphatic carbocycles. The summed E-state index contributed by atoms with van der Waals surface area (Å²) in [7, 11) is 0. The molecule has 5 heteroatoms. The predicted octanol–water partition coefficient (Wildman–Crippen LogP) is 2.40. The maximum atomic E-state index is 5.50. The Morgan fingerprint density at radius 1 is 1.33 bits per heavy atom. The van der Waals surface area contributed by atoms with E-state index in [4.69, 9.17) is 8.83 Å². The molecule has 0 atom stereocenters. The lowest BCUT2D eigenvalue weighted by Crippen LogP contribution is -2.22. The molecule has 0 radical (unpaired) electrons. The lowest BCUT2D eigenvalue weighted by atomic mass is 10.4. The zero-order chi connectivity index (χ0) is 12.8. The van der Waals surface area contributed by atoms with Crippen LogP contribution in [0.1, 0.15) is 25.3 Å². The Morgan fingerprint density at radius 3 is 2.89 bits per heavy atom. The van der Waals surface area contributed by atoms with Crippen LogP contribution in [0.4, 0.5) is 6.01 Å². The zero-order valence-corrected chi connectivity index (χ0v) is 10.8. The summed E-state index contributed by atoms with van der Waals surface area (Å²) in [5.41, 5.74) is 0.921. The smallest absolute Gasteiger partial charge is 0.297 e. The fourth-order valence-electron chi connectivity index (χ4n) is 1.68. The van der Waals surface area contributed by atoms with Crippen molar-refractivity contribution in [3.8, 4) is 0 Å². The molecule has 1 N–H and O–H groups in total. The van der Waals surface area contributed by atoms with Gasteiger partial charge in [-0.25, -0.2) is 0 Å². The molecule has 0 aliphatic heterocycles. The molecule has 5 nitrogen and oxygen atoms in total. The van der Waals surface area contributed by atoms with E-state index in [9.17, 15) is 0 Å². The molecule has 2 aromatic rings. The number of nitrogens with zero attached hydrogens (tertiary/aromatic N) is 2. The topological polar surface area (TPSA) is 54.4 Å². The van der Waals surface area contributed by atoms with E-state index in [2.05, 4.69) is 24.1 Å². The number of furan rings is 1. The van der Waals surface area contributed by atoms with Gasteiger partial charge in [0.05, 0.1) is 18.5 Å². The van der Waals surface area contributed by atoms with Gasteiger partial charge in [-0.1, -0.05) is 6.92 Å². The SMILES string of the molecule is CCNCc1coc(N(CC)Cc2ccco2)n1. The van der Waals surface area contributed by atoms with Crippen LogP contribution in [-0.2, 0) is 13.1 Å². The van der Waals surface area contributed by atoms with E-state index in [1.54, 1.807) is 12.5 Å². The fraction of sp³-hybridized carbons (Fsp3) is 0.462. The number of rotatable bonds is 7. The summed E-state index contributed by atoms with van der Waals surface area (Å²) in [4.78, 5) is 6.49. The van der Waals surface area contributed by atoms with Crippen LogP contribution in [0.3, 0.4) is 0 Å².